The summed E-state index contributed by atoms with van der Waals surface area (Å²) in [6.45, 7) is 11.2. The van der Waals surface area contributed by atoms with Gasteiger partial charge in [0, 0.05) is 37.3 Å². The van der Waals surface area contributed by atoms with Gasteiger partial charge < -0.3 is 20.3 Å². The van der Waals surface area contributed by atoms with Gasteiger partial charge in [-0.2, -0.15) is 0 Å². The van der Waals surface area contributed by atoms with E-state index in [1.165, 1.54) is 7.11 Å². The van der Waals surface area contributed by atoms with E-state index in [9.17, 15) is 9.59 Å². The van der Waals surface area contributed by atoms with Gasteiger partial charge in [-0.1, -0.05) is 44.2 Å². The van der Waals surface area contributed by atoms with Gasteiger partial charge >= 0.3 is 12.0 Å². The molecule has 1 fully saturated rings. The molecule has 196 valence electrons. The molecule has 0 saturated carbocycles. The summed E-state index contributed by atoms with van der Waals surface area (Å²) in [5.74, 6) is 0.986. The molecule has 1 atom stereocenters. The second-order valence-corrected chi connectivity index (χ2v) is 9.85. The molecule has 2 N–H and O–H groups in total. The minimum Gasteiger partial charge on any atom is -0.467 e. The molecule has 2 aromatic carbocycles. The van der Waals surface area contributed by atoms with Gasteiger partial charge in [0.15, 0.2) is 0 Å². The second kappa shape index (κ2) is 11.6. The highest BCUT2D eigenvalue weighted by Crippen LogP contribution is 2.24. The van der Waals surface area contributed by atoms with Crippen LogP contribution in [-0.2, 0) is 16.1 Å². The van der Waals surface area contributed by atoms with Crippen LogP contribution in [0.1, 0.15) is 30.8 Å². The highest BCUT2D eigenvalue weighted by Gasteiger charge is 2.26. The average Bonchev–Trinajstić information content (AvgIpc) is 2.89. The largest absolute Gasteiger partial charge is 0.467 e. The number of rotatable bonds is 7. The van der Waals surface area contributed by atoms with Gasteiger partial charge in [0.25, 0.3) is 0 Å². The van der Waals surface area contributed by atoms with Gasteiger partial charge in [0.1, 0.15) is 17.7 Å². The number of ether oxygens (including phenoxy) is 1. The van der Waals surface area contributed by atoms with Crippen LogP contribution in [0.25, 0.3) is 10.9 Å². The number of nitrogens with one attached hydrogen (secondary N) is 2. The Balaban J connectivity index is 1.44. The maximum absolute atomic E-state index is 12.9. The Labute approximate surface area is 218 Å². The number of benzene rings is 2. The maximum atomic E-state index is 12.9. The molecule has 9 heteroatoms. The van der Waals surface area contributed by atoms with E-state index in [0.29, 0.717) is 31.3 Å². The summed E-state index contributed by atoms with van der Waals surface area (Å²) < 4.78 is 5.00. The predicted molar refractivity (Wildman–Crippen MR) is 146 cm³/mol. The minimum atomic E-state index is -0.518. The zero-order chi connectivity index (χ0) is 26.5. The number of aromatic nitrogens is 2. The maximum Gasteiger partial charge on any atom is 0.328 e. The van der Waals surface area contributed by atoms with E-state index in [1.807, 2.05) is 75.1 Å². The van der Waals surface area contributed by atoms with Crippen LogP contribution in [0.2, 0.25) is 0 Å². The molecule has 2 amide bonds. The Morgan fingerprint density at radius 1 is 0.973 bits per heavy atom. The van der Waals surface area contributed by atoms with Crippen molar-refractivity contribution in [2.45, 2.75) is 40.3 Å². The number of anilines is 2. The van der Waals surface area contributed by atoms with Crippen molar-refractivity contribution >= 4 is 34.4 Å². The molecule has 1 aromatic heterocycles. The molecule has 0 bridgehead atoms. The lowest BCUT2D eigenvalue weighted by Crippen LogP contribution is -2.49. The Hall–Kier alpha value is -3.72. The smallest absolute Gasteiger partial charge is 0.328 e. The number of hydrogen-bond donors (Lipinski definition) is 2. The van der Waals surface area contributed by atoms with Crippen LogP contribution in [0.4, 0.5) is 16.3 Å². The monoisotopic (exact) mass is 504 g/mol. The van der Waals surface area contributed by atoms with Crippen LogP contribution < -0.4 is 10.6 Å². The third-order valence-electron chi connectivity index (χ3n) is 6.80. The highest BCUT2D eigenvalue weighted by atomic mass is 16.5. The predicted octanol–water partition coefficient (Wildman–Crippen LogP) is 4.21. The number of urea groups is 1. The zero-order valence-electron chi connectivity index (χ0n) is 22.2. The van der Waals surface area contributed by atoms with E-state index in [0.717, 1.165) is 40.8 Å². The van der Waals surface area contributed by atoms with Gasteiger partial charge in [0.05, 0.1) is 19.2 Å². The molecule has 3 aromatic rings. The number of hydrogen-bond acceptors (Lipinski definition) is 7. The molecule has 37 heavy (non-hydrogen) atoms. The molecule has 2 heterocycles. The Bertz CT molecular complexity index is 1250. The van der Waals surface area contributed by atoms with Gasteiger partial charge in [0.2, 0.25) is 0 Å². The first-order chi connectivity index (χ1) is 17.8. The summed E-state index contributed by atoms with van der Waals surface area (Å²) in [5, 5.41) is 7.23. The lowest BCUT2D eigenvalue weighted by atomic mass is 10.0. The summed E-state index contributed by atoms with van der Waals surface area (Å²) >= 11 is 0. The van der Waals surface area contributed by atoms with Crippen molar-refractivity contribution in [1.29, 1.82) is 0 Å². The lowest BCUT2D eigenvalue weighted by Gasteiger charge is -2.34. The van der Waals surface area contributed by atoms with E-state index in [4.69, 9.17) is 14.7 Å². The van der Waals surface area contributed by atoms with Crippen molar-refractivity contribution in [3.8, 4) is 0 Å². The van der Waals surface area contributed by atoms with Crippen molar-refractivity contribution in [2.24, 2.45) is 5.92 Å². The molecule has 1 aliphatic rings. The quantitative estimate of drug-likeness (QED) is 0.465. The number of fused-ring (bicyclic) bond motifs is 1. The van der Waals surface area contributed by atoms with Crippen LogP contribution in [-0.4, -0.2) is 71.1 Å². The SMILES string of the molecule is COC(=O)[C@@H](Nc1nc(CN2CCN(C(=O)Nc3c(C)cccc3C)CC2)nc2ccccc12)C(C)C. The summed E-state index contributed by atoms with van der Waals surface area (Å²) in [4.78, 5) is 38.9. The number of carbonyl (C=O) groups is 2. The van der Waals surface area contributed by atoms with Crippen molar-refractivity contribution in [2.75, 3.05) is 43.9 Å². The number of para-hydroxylation sites is 2. The first kappa shape index (κ1) is 26.3. The first-order valence-corrected chi connectivity index (χ1v) is 12.7. The molecule has 1 saturated heterocycles. The molecule has 9 nitrogen and oxygen atoms in total. The number of methoxy groups -OCH3 is 1. The summed E-state index contributed by atoms with van der Waals surface area (Å²) in [6.07, 6.45) is 0. The summed E-state index contributed by atoms with van der Waals surface area (Å²) in [7, 11) is 1.39. The average molecular weight is 505 g/mol. The van der Waals surface area contributed by atoms with Crippen molar-refractivity contribution in [1.82, 2.24) is 19.8 Å². The topological polar surface area (TPSA) is 99.7 Å². The van der Waals surface area contributed by atoms with Crippen molar-refractivity contribution in [3.63, 3.8) is 0 Å². The van der Waals surface area contributed by atoms with Crippen LogP contribution in [0, 0.1) is 19.8 Å². The fourth-order valence-corrected chi connectivity index (χ4v) is 4.58. The van der Waals surface area contributed by atoms with Gasteiger partial charge in [-0.3, -0.25) is 4.90 Å². The normalized spacial score (nSPS) is 15.0. The molecule has 0 radical (unpaired) electrons. The fraction of sp³-hybridized carbons (Fsp3) is 0.429. The molecular formula is C28H36N6O3. The Morgan fingerprint density at radius 3 is 2.30 bits per heavy atom. The third kappa shape index (κ3) is 6.17. The van der Waals surface area contributed by atoms with E-state index in [-0.39, 0.29) is 17.9 Å². The molecule has 4 rings (SSSR count). The molecular weight excluding hydrogens is 468 g/mol. The fourth-order valence-electron chi connectivity index (χ4n) is 4.58. The van der Waals surface area contributed by atoms with Crippen molar-refractivity contribution < 1.29 is 14.3 Å². The number of esters is 1. The van der Waals surface area contributed by atoms with Gasteiger partial charge in [-0.05, 0) is 43.0 Å². The standard InChI is InChI=1S/C28H36N6O3/c1-18(2)24(27(35)37-5)31-26-21-11-6-7-12-22(21)29-23(30-26)17-33-13-15-34(16-14-33)28(36)32-25-19(3)9-8-10-20(25)4/h6-12,18,24H,13-17H2,1-5H3,(H,32,36)(H,29,30,31)/t24-/m0/s1. The molecule has 0 spiro atoms. The minimum absolute atomic E-state index is 0.0207. The molecule has 0 aliphatic carbocycles. The highest BCUT2D eigenvalue weighted by molar-refractivity contribution is 5.92. The first-order valence-electron chi connectivity index (χ1n) is 12.7. The van der Waals surface area contributed by atoms with E-state index < -0.39 is 6.04 Å². The number of piperazine rings is 1. The van der Waals surface area contributed by atoms with Crippen molar-refractivity contribution in [3.05, 3.63) is 59.4 Å². The third-order valence-corrected chi connectivity index (χ3v) is 6.80. The number of carbonyl (C=O) groups excluding carboxylic acids is 2. The van der Waals surface area contributed by atoms with Crippen LogP contribution in [0.5, 0.6) is 0 Å². The summed E-state index contributed by atoms with van der Waals surface area (Å²) in [6, 6.07) is 13.2. The molecule has 0 unspecified atom stereocenters. The number of aryl methyl sites for hydroxylation is 2. The lowest BCUT2D eigenvalue weighted by molar-refractivity contribution is -0.142. The van der Waals surface area contributed by atoms with E-state index in [1.54, 1.807) is 0 Å². The number of nitrogens with zero attached hydrogens (tertiary/aromatic N) is 4. The van der Waals surface area contributed by atoms with Crippen LogP contribution >= 0.6 is 0 Å². The molecule has 1 aliphatic heterocycles. The second-order valence-electron chi connectivity index (χ2n) is 9.85. The van der Waals surface area contributed by atoms with E-state index in [2.05, 4.69) is 15.5 Å². The Kier molecular flexibility index (Phi) is 8.23. The van der Waals surface area contributed by atoms with E-state index >= 15 is 0 Å². The van der Waals surface area contributed by atoms with Crippen LogP contribution in [0.3, 0.4) is 0 Å². The van der Waals surface area contributed by atoms with Gasteiger partial charge in [-0.15, -0.1) is 0 Å². The number of amides is 2. The van der Waals surface area contributed by atoms with Crippen LogP contribution in [0.15, 0.2) is 42.5 Å². The zero-order valence-corrected chi connectivity index (χ0v) is 22.2. The Morgan fingerprint density at radius 2 is 1.65 bits per heavy atom. The van der Waals surface area contributed by atoms with Gasteiger partial charge in [-0.25, -0.2) is 19.6 Å². The summed E-state index contributed by atoms with van der Waals surface area (Å²) in [5.41, 5.74) is 3.80.